The molecule has 1 heterocycles. The SMILES string of the molecule is COCC(=O)N(C)C[C@H]1Oc2cc(-c3ccc(C)cc3)ccc2S(=O)(=O)N([C@H](C)CO)C[C@H]1C. The lowest BCUT2D eigenvalue weighted by atomic mass is 10.0. The number of benzene rings is 2. The Balaban J connectivity index is 2.08. The molecule has 2 aromatic rings. The van der Waals surface area contributed by atoms with Crippen molar-refractivity contribution in [2.45, 2.75) is 37.8 Å². The summed E-state index contributed by atoms with van der Waals surface area (Å²) in [5.74, 6) is -0.211. The van der Waals surface area contributed by atoms with Gasteiger partial charge in [0.05, 0.1) is 13.2 Å². The smallest absolute Gasteiger partial charge is 0.248 e. The quantitative estimate of drug-likeness (QED) is 0.641. The normalized spacial score (nSPS) is 21.0. The molecule has 1 aliphatic rings. The number of likely N-dealkylation sites (N-methyl/N-ethyl adjacent to an activating group) is 1. The second-order valence-electron chi connectivity index (χ2n) is 8.97. The molecule has 0 saturated carbocycles. The number of amides is 1. The molecule has 34 heavy (non-hydrogen) atoms. The van der Waals surface area contributed by atoms with Gasteiger partial charge in [-0.2, -0.15) is 4.31 Å². The summed E-state index contributed by atoms with van der Waals surface area (Å²) in [4.78, 5) is 13.9. The van der Waals surface area contributed by atoms with E-state index in [-0.39, 0.29) is 48.8 Å². The van der Waals surface area contributed by atoms with Crippen LogP contribution in [0.1, 0.15) is 19.4 Å². The fourth-order valence-electron chi connectivity index (χ4n) is 3.97. The number of ether oxygens (including phenoxy) is 2. The summed E-state index contributed by atoms with van der Waals surface area (Å²) in [6.07, 6.45) is -0.471. The zero-order chi connectivity index (χ0) is 25.0. The fourth-order valence-corrected chi connectivity index (χ4v) is 5.80. The van der Waals surface area contributed by atoms with Gasteiger partial charge in [0.25, 0.3) is 0 Å². The molecule has 3 rings (SSSR count). The third-order valence-corrected chi connectivity index (χ3v) is 8.22. The number of methoxy groups -OCH3 is 1. The van der Waals surface area contributed by atoms with Crippen LogP contribution >= 0.6 is 0 Å². The Labute approximate surface area is 202 Å². The summed E-state index contributed by atoms with van der Waals surface area (Å²) in [5.41, 5.74) is 2.89. The summed E-state index contributed by atoms with van der Waals surface area (Å²) in [7, 11) is -0.789. The minimum Gasteiger partial charge on any atom is -0.487 e. The molecule has 0 radical (unpaired) electrons. The molecule has 3 atom stereocenters. The third-order valence-electron chi connectivity index (χ3n) is 6.20. The van der Waals surface area contributed by atoms with Crippen molar-refractivity contribution in [3.63, 3.8) is 0 Å². The lowest BCUT2D eigenvalue weighted by molar-refractivity contribution is -0.135. The van der Waals surface area contributed by atoms with E-state index in [1.165, 1.54) is 16.3 Å². The Bertz CT molecular complexity index is 1100. The van der Waals surface area contributed by atoms with Gasteiger partial charge in [-0.25, -0.2) is 8.42 Å². The number of aliphatic hydroxyl groups excluding tert-OH is 1. The topological polar surface area (TPSA) is 96.4 Å². The number of carbonyl (C=O) groups excluding carboxylic acids is 1. The Morgan fingerprint density at radius 1 is 1.24 bits per heavy atom. The summed E-state index contributed by atoms with van der Waals surface area (Å²) in [6, 6.07) is 12.4. The van der Waals surface area contributed by atoms with Gasteiger partial charge in [-0.15, -0.1) is 0 Å². The summed E-state index contributed by atoms with van der Waals surface area (Å²) < 4.78 is 39.8. The Kier molecular flexibility index (Phi) is 8.35. The van der Waals surface area contributed by atoms with Gasteiger partial charge in [0.1, 0.15) is 23.4 Å². The maximum Gasteiger partial charge on any atom is 0.248 e. The fraction of sp³-hybridized carbons (Fsp3) is 0.480. The summed E-state index contributed by atoms with van der Waals surface area (Å²) >= 11 is 0. The van der Waals surface area contributed by atoms with Gasteiger partial charge in [0.15, 0.2) is 0 Å². The maximum absolute atomic E-state index is 13.6. The molecule has 8 nitrogen and oxygen atoms in total. The molecule has 0 bridgehead atoms. The van der Waals surface area contributed by atoms with E-state index in [2.05, 4.69) is 0 Å². The predicted molar refractivity (Wildman–Crippen MR) is 130 cm³/mol. The molecule has 2 aromatic carbocycles. The van der Waals surface area contributed by atoms with E-state index >= 15 is 0 Å². The highest BCUT2D eigenvalue weighted by Crippen LogP contribution is 2.36. The zero-order valence-corrected chi connectivity index (χ0v) is 21.2. The number of fused-ring (bicyclic) bond motifs is 1. The summed E-state index contributed by atoms with van der Waals surface area (Å²) in [6.45, 7) is 5.63. The van der Waals surface area contributed by atoms with Crippen molar-refractivity contribution in [1.29, 1.82) is 0 Å². The predicted octanol–water partition coefficient (Wildman–Crippen LogP) is 2.54. The van der Waals surface area contributed by atoms with Crippen molar-refractivity contribution in [2.24, 2.45) is 5.92 Å². The molecule has 0 aliphatic carbocycles. The van der Waals surface area contributed by atoms with Crippen molar-refractivity contribution in [2.75, 3.05) is 40.5 Å². The lowest BCUT2D eigenvalue weighted by Gasteiger charge is -2.37. The van der Waals surface area contributed by atoms with Crippen molar-refractivity contribution in [1.82, 2.24) is 9.21 Å². The first-order valence-corrected chi connectivity index (χ1v) is 12.8. The van der Waals surface area contributed by atoms with E-state index in [1.54, 1.807) is 32.2 Å². The highest BCUT2D eigenvalue weighted by atomic mass is 32.2. The first kappa shape index (κ1) is 26.2. The van der Waals surface area contributed by atoms with Gasteiger partial charge in [-0.05, 0) is 37.1 Å². The van der Waals surface area contributed by atoms with Crippen LogP contribution in [0.3, 0.4) is 0 Å². The number of hydrogen-bond donors (Lipinski definition) is 1. The average Bonchev–Trinajstić information content (AvgIpc) is 2.81. The van der Waals surface area contributed by atoms with E-state index in [1.807, 2.05) is 38.1 Å². The molecule has 0 aromatic heterocycles. The first-order chi connectivity index (χ1) is 16.1. The molecular weight excluding hydrogens is 456 g/mol. The second kappa shape index (κ2) is 10.9. The van der Waals surface area contributed by atoms with Crippen LogP contribution in [-0.2, 0) is 19.6 Å². The van der Waals surface area contributed by atoms with Crippen molar-refractivity contribution >= 4 is 15.9 Å². The van der Waals surface area contributed by atoms with E-state index in [0.717, 1.165) is 16.7 Å². The molecular formula is C25H34N2O6S. The number of nitrogens with zero attached hydrogens (tertiary/aromatic N) is 2. The first-order valence-electron chi connectivity index (χ1n) is 11.3. The molecule has 1 amide bonds. The van der Waals surface area contributed by atoms with Crippen molar-refractivity contribution < 1.29 is 27.8 Å². The number of aryl methyl sites for hydroxylation is 1. The lowest BCUT2D eigenvalue weighted by Crippen LogP contribution is -2.50. The minimum atomic E-state index is -3.92. The van der Waals surface area contributed by atoms with Gasteiger partial charge in [0.2, 0.25) is 15.9 Å². The molecule has 186 valence electrons. The molecule has 0 fully saturated rings. The van der Waals surface area contributed by atoms with E-state index in [4.69, 9.17) is 9.47 Å². The van der Waals surface area contributed by atoms with Crippen LogP contribution in [-0.4, -0.2) is 81.2 Å². The Morgan fingerprint density at radius 3 is 2.50 bits per heavy atom. The largest absolute Gasteiger partial charge is 0.487 e. The van der Waals surface area contributed by atoms with Gasteiger partial charge in [-0.3, -0.25) is 4.79 Å². The van der Waals surface area contributed by atoms with Crippen molar-refractivity contribution in [3.8, 4) is 16.9 Å². The number of rotatable bonds is 7. The van der Waals surface area contributed by atoms with Crippen LogP contribution in [0.2, 0.25) is 0 Å². The van der Waals surface area contributed by atoms with Crippen LogP contribution in [0.4, 0.5) is 0 Å². The van der Waals surface area contributed by atoms with Crippen LogP contribution in [0.5, 0.6) is 5.75 Å². The Morgan fingerprint density at radius 2 is 1.88 bits per heavy atom. The number of aliphatic hydroxyl groups is 1. The molecule has 0 spiro atoms. The maximum atomic E-state index is 13.6. The molecule has 0 saturated heterocycles. The van der Waals surface area contributed by atoms with Crippen molar-refractivity contribution in [3.05, 3.63) is 48.0 Å². The van der Waals surface area contributed by atoms with Gasteiger partial charge in [0, 0.05) is 32.7 Å². The average molecular weight is 491 g/mol. The van der Waals surface area contributed by atoms with Gasteiger partial charge in [-0.1, -0.05) is 42.8 Å². The number of hydrogen-bond acceptors (Lipinski definition) is 6. The molecule has 0 unspecified atom stereocenters. The molecule has 1 N–H and O–H groups in total. The number of carbonyl (C=O) groups is 1. The van der Waals surface area contributed by atoms with Crippen LogP contribution in [0.15, 0.2) is 47.4 Å². The van der Waals surface area contributed by atoms with E-state index in [0.29, 0.717) is 0 Å². The zero-order valence-electron chi connectivity index (χ0n) is 20.4. The van der Waals surface area contributed by atoms with E-state index < -0.39 is 22.2 Å². The van der Waals surface area contributed by atoms with Crippen LogP contribution in [0.25, 0.3) is 11.1 Å². The van der Waals surface area contributed by atoms with Gasteiger partial charge < -0.3 is 19.5 Å². The highest BCUT2D eigenvalue weighted by molar-refractivity contribution is 7.89. The summed E-state index contributed by atoms with van der Waals surface area (Å²) in [5, 5.41) is 9.77. The minimum absolute atomic E-state index is 0.0476. The third kappa shape index (κ3) is 5.60. The highest BCUT2D eigenvalue weighted by Gasteiger charge is 2.38. The second-order valence-corrected chi connectivity index (χ2v) is 10.8. The van der Waals surface area contributed by atoms with Gasteiger partial charge >= 0.3 is 0 Å². The monoisotopic (exact) mass is 490 g/mol. The Hall–Kier alpha value is -2.46. The van der Waals surface area contributed by atoms with E-state index in [9.17, 15) is 18.3 Å². The van der Waals surface area contributed by atoms with Crippen LogP contribution < -0.4 is 4.74 Å². The number of sulfonamides is 1. The standard InChI is InChI=1S/C25H34N2O6S/c1-17-6-8-20(9-7-17)21-10-11-24-22(12-21)33-23(14-26(4)25(29)16-32-5)18(2)13-27(19(3)15-28)34(24,30)31/h6-12,18-19,23,28H,13-16H2,1-5H3/t18-,19-,23-/m1/s1. The van der Waals surface area contributed by atoms with Crippen LogP contribution in [0, 0.1) is 12.8 Å². The molecule has 1 aliphatic heterocycles. The molecule has 9 heteroatoms.